The minimum absolute atomic E-state index is 0.0160. The van der Waals surface area contributed by atoms with E-state index in [9.17, 15) is 13.6 Å². The van der Waals surface area contributed by atoms with Crippen molar-refractivity contribution in [1.82, 2.24) is 15.0 Å². The average molecular weight is 358 g/mol. The molecule has 6 nitrogen and oxygen atoms in total. The van der Waals surface area contributed by atoms with Crippen LogP contribution in [0.5, 0.6) is 5.75 Å². The van der Waals surface area contributed by atoms with Gasteiger partial charge in [0.2, 0.25) is 0 Å². The second-order valence-electron chi connectivity index (χ2n) is 5.34. The molecule has 0 atom stereocenters. The molecule has 3 aromatic rings. The van der Waals surface area contributed by atoms with Gasteiger partial charge in [-0.05, 0) is 42.8 Å². The number of halogens is 2. The van der Waals surface area contributed by atoms with E-state index in [1.54, 1.807) is 4.68 Å². The summed E-state index contributed by atoms with van der Waals surface area (Å²) in [5.74, 6) is -0.408. The van der Waals surface area contributed by atoms with Gasteiger partial charge in [0.05, 0.1) is 11.4 Å². The van der Waals surface area contributed by atoms with Crippen LogP contribution in [0.4, 0.5) is 14.5 Å². The van der Waals surface area contributed by atoms with Gasteiger partial charge in [0, 0.05) is 5.69 Å². The lowest BCUT2D eigenvalue weighted by Crippen LogP contribution is -2.15. The molecule has 134 valence electrons. The number of anilines is 1. The van der Waals surface area contributed by atoms with E-state index >= 15 is 0 Å². The summed E-state index contributed by atoms with van der Waals surface area (Å²) < 4.78 is 30.2. The van der Waals surface area contributed by atoms with Crippen LogP contribution in [-0.4, -0.2) is 27.5 Å². The number of para-hydroxylation sites is 1. The maximum Gasteiger partial charge on any atom is 0.387 e. The molecule has 1 amide bonds. The van der Waals surface area contributed by atoms with Crippen molar-refractivity contribution in [2.75, 3.05) is 5.32 Å². The number of ether oxygens (including phenoxy) is 1. The highest BCUT2D eigenvalue weighted by Gasteiger charge is 2.19. The second-order valence-corrected chi connectivity index (χ2v) is 5.34. The van der Waals surface area contributed by atoms with Crippen LogP contribution in [0.25, 0.3) is 5.69 Å². The maximum atomic E-state index is 12.5. The Labute approximate surface area is 148 Å². The fourth-order valence-corrected chi connectivity index (χ4v) is 2.48. The third-order valence-electron chi connectivity index (χ3n) is 3.65. The van der Waals surface area contributed by atoms with Crippen LogP contribution < -0.4 is 10.1 Å². The Bertz CT molecular complexity index is 880. The summed E-state index contributed by atoms with van der Waals surface area (Å²) in [6, 6.07) is 15.0. The van der Waals surface area contributed by atoms with Gasteiger partial charge in [0.25, 0.3) is 5.91 Å². The minimum atomic E-state index is -2.89. The Morgan fingerprint density at radius 1 is 1.15 bits per heavy atom. The van der Waals surface area contributed by atoms with E-state index in [1.165, 1.54) is 24.3 Å². The number of hydrogen-bond donors (Lipinski definition) is 1. The monoisotopic (exact) mass is 358 g/mol. The average Bonchev–Trinajstić information content (AvgIpc) is 3.08. The first-order valence-electron chi connectivity index (χ1n) is 7.94. The lowest BCUT2D eigenvalue weighted by molar-refractivity contribution is -0.0498. The maximum absolute atomic E-state index is 12.5. The molecule has 0 aliphatic carbocycles. The van der Waals surface area contributed by atoms with Crippen LogP contribution in [0.3, 0.4) is 0 Å². The van der Waals surface area contributed by atoms with Crippen molar-refractivity contribution in [3.05, 3.63) is 66.0 Å². The Morgan fingerprint density at radius 3 is 2.46 bits per heavy atom. The van der Waals surface area contributed by atoms with E-state index in [0.29, 0.717) is 17.8 Å². The van der Waals surface area contributed by atoms with Crippen LogP contribution in [0.15, 0.2) is 54.6 Å². The van der Waals surface area contributed by atoms with Gasteiger partial charge < -0.3 is 10.1 Å². The highest BCUT2D eigenvalue weighted by molar-refractivity contribution is 6.03. The van der Waals surface area contributed by atoms with E-state index in [2.05, 4.69) is 20.4 Å². The zero-order valence-corrected chi connectivity index (χ0v) is 13.9. The molecule has 0 unspecified atom stereocenters. The van der Waals surface area contributed by atoms with Crippen molar-refractivity contribution in [1.29, 1.82) is 0 Å². The van der Waals surface area contributed by atoms with E-state index < -0.39 is 12.5 Å². The molecule has 1 heterocycles. The minimum Gasteiger partial charge on any atom is -0.435 e. The Morgan fingerprint density at radius 2 is 1.85 bits per heavy atom. The largest absolute Gasteiger partial charge is 0.435 e. The van der Waals surface area contributed by atoms with Crippen molar-refractivity contribution in [2.45, 2.75) is 20.0 Å². The number of carbonyl (C=O) groups is 1. The van der Waals surface area contributed by atoms with E-state index in [1.807, 2.05) is 37.3 Å². The number of nitrogens with zero attached hydrogens (tertiary/aromatic N) is 3. The molecule has 0 aliphatic rings. The summed E-state index contributed by atoms with van der Waals surface area (Å²) >= 11 is 0. The van der Waals surface area contributed by atoms with E-state index in [4.69, 9.17) is 0 Å². The molecule has 1 aromatic heterocycles. The molecular weight excluding hydrogens is 342 g/mol. The standard InChI is InChI=1S/C18H16F2N4O2/c1-2-15-16(22-23-24(15)13-6-4-3-5-7-13)17(25)21-12-8-10-14(11-9-12)26-18(19)20/h3-11,18H,2H2,1H3,(H,21,25). The van der Waals surface area contributed by atoms with Crippen molar-refractivity contribution in [2.24, 2.45) is 0 Å². The quantitative estimate of drug-likeness (QED) is 0.730. The fourth-order valence-electron chi connectivity index (χ4n) is 2.48. The van der Waals surface area contributed by atoms with Crippen LogP contribution in [0, 0.1) is 0 Å². The van der Waals surface area contributed by atoms with Crippen LogP contribution in [-0.2, 0) is 6.42 Å². The molecule has 0 radical (unpaired) electrons. The summed E-state index contributed by atoms with van der Waals surface area (Å²) in [6.07, 6.45) is 0.561. The van der Waals surface area contributed by atoms with Crippen molar-refractivity contribution in [3.8, 4) is 11.4 Å². The predicted molar refractivity (Wildman–Crippen MR) is 91.8 cm³/mol. The Kier molecular flexibility index (Phi) is 5.21. The molecule has 1 N–H and O–H groups in total. The highest BCUT2D eigenvalue weighted by atomic mass is 19.3. The van der Waals surface area contributed by atoms with Crippen molar-refractivity contribution < 1.29 is 18.3 Å². The van der Waals surface area contributed by atoms with Gasteiger partial charge in [0.1, 0.15) is 5.75 Å². The first kappa shape index (κ1) is 17.5. The number of benzene rings is 2. The Balaban J connectivity index is 1.79. The summed E-state index contributed by atoms with van der Waals surface area (Å²) in [4.78, 5) is 12.5. The van der Waals surface area contributed by atoms with Gasteiger partial charge in [-0.15, -0.1) is 5.10 Å². The number of nitrogens with one attached hydrogen (secondary N) is 1. The molecule has 26 heavy (non-hydrogen) atoms. The molecule has 0 saturated heterocycles. The van der Waals surface area contributed by atoms with Crippen LogP contribution in [0.1, 0.15) is 23.1 Å². The third kappa shape index (κ3) is 3.85. The molecule has 0 bridgehead atoms. The number of alkyl halides is 2. The topological polar surface area (TPSA) is 69.0 Å². The number of carbonyl (C=O) groups excluding carboxylic acids is 1. The zero-order chi connectivity index (χ0) is 18.5. The van der Waals surface area contributed by atoms with Gasteiger partial charge in [-0.2, -0.15) is 8.78 Å². The van der Waals surface area contributed by atoms with Gasteiger partial charge in [-0.3, -0.25) is 4.79 Å². The zero-order valence-electron chi connectivity index (χ0n) is 13.9. The molecule has 3 rings (SSSR count). The molecule has 0 spiro atoms. The van der Waals surface area contributed by atoms with Crippen LogP contribution in [0.2, 0.25) is 0 Å². The van der Waals surface area contributed by atoms with Gasteiger partial charge in [0.15, 0.2) is 5.69 Å². The first-order valence-corrected chi connectivity index (χ1v) is 7.94. The number of amides is 1. The van der Waals surface area contributed by atoms with Crippen LogP contribution >= 0.6 is 0 Å². The molecule has 2 aromatic carbocycles. The Hall–Kier alpha value is -3.29. The third-order valence-corrected chi connectivity index (χ3v) is 3.65. The lowest BCUT2D eigenvalue weighted by Gasteiger charge is -2.08. The summed E-state index contributed by atoms with van der Waals surface area (Å²) in [5, 5.41) is 10.7. The van der Waals surface area contributed by atoms with Gasteiger partial charge in [-0.25, -0.2) is 4.68 Å². The smallest absolute Gasteiger partial charge is 0.387 e. The normalized spacial score (nSPS) is 10.8. The van der Waals surface area contributed by atoms with Gasteiger partial charge >= 0.3 is 6.61 Å². The summed E-state index contributed by atoms with van der Waals surface area (Å²) in [6.45, 7) is -0.985. The number of rotatable bonds is 6. The fraction of sp³-hybridized carbons (Fsp3) is 0.167. The highest BCUT2D eigenvalue weighted by Crippen LogP contribution is 2.19. The summed E-state index contributed by atoms with van der Waals surface area (Å²) in [7, 11) is 0. The summed E-state index contributed by atoms with van der Waals surface area (Å²) in [5.41, 5.74) is 2.13. The van der Waals surface area contributed by atoms with Crippen molar-refractivity contribution in [3.63, 3.8) is 0 Å². The van der Waals surface area contributed by atoms with E-state index in [0.717, 1.165) is 5.69 Å². The molecule has 0 saturated carbocycles. The first-order chi connectivity index (χ1) is 12.6. The lowest BCUT2D eigenvalue weighted by atomic mass is 10.2. The molecule has 0 aliphatic heterocycles. The van der Waals surface area contributed by atoms with Crippen molar-refractivity contribution >= 4 is 11.6 Å². The number of hydrogen-bond acceptors (Lipinski definition) is 4. The SMILES string of the molecule is CCc1c(C(=O)Nc2ccc(OC(F)F)cc2)nnn1-c1ccccc1. The number of aromatic nitrogens is 3. The molecule has 8 heteroatoms. The second kappa shape index (κ2) is 7.73. The predicted octanol–water partition coefficient (Wildman–Crippen LogP) is 3.68. The van der Waals surface area contributed by atoms with Gasteiger partial charge in [-0.1, -0.05) is 30.3 Å². The molecular formula is C18H16F2N4O2. The van der Waals surface area contributed by atoms with E-state index in [-0.39, 0.29) is 11.4 Å². The molecule has 0 fully saturated rings.